The van der Waals surface area contributed by atoms with Gasteiger partial charge in [-0.25, -0.2) is 0 Å². The summed E-state index contributed by atoms with van der Waals surface area (Å²) < 4.78 is -0.160. The molecular formula is C6H8BrN2. The quantitative estimate of drug-likeness (QED) is 0.561. The van der Waals surface area contributed by atoms with Crippen molar-refractivity contribution in [3.05, 3.63) is 0 Å². The van der Waals surface area contributed by atoms with E-state index in [1.165, 1.54) is 0 Å². The summed E-state index contributed by atoms with van der Waals surface area (Å²) in [5, 5.41) is 7.52. The van der Waals surface area contributed by atoms with Crippen molar-refractivity contribution in [3.8, 4) is 0 Å². The maximum atomic E-state index is 3.84. The minimum atomic E-state index is -0.160. The molecule has 1 rings (SSSR count). The van der Waals surface area contributed by atoms with Crippen LogP contribution < -0.4 is 0 Å². The average Bonchev–Trinajstić information content (AvgIpc) is 2.15. The van der Waals surface area contributed by atoms with Crippen LogP contribution in [0.4, 0.5) is 0 Å². The fourth-order valence-corrected chi connectivity index (χ4v) is 0.833. The van der Waals surface area contributed by atoms with Gasteiger partial charge in [-0.2, -0.15) is 10.2 Å². The summed E-state index contributed by atoms with van der Waals surface area (Å²) in [6, 6.07) is 0. The molecule has 49 valence electrons. The zero-order valence-electron chi connectivity index (χ0n) is 5.48. The Labute approximate surface area is 63.2 Å². The summed E-state index contributed by atoms with van der Waals surface area (Å²) in [7, 11) is 0. The standard InChI is InChI=1S/C6H8BrN2/c1-3-6(7)4-8-9-5(6)2/h3H2,1-2H3. The van der Waals surface area contributed by atoms with Gasteiger partial charge in [0.2, 0.25) is 0 Å². The highest BCUT2D eigenvalue weighted by Crippen LogP contribution is 2.25. The average molecular weight is 188 g/mol. The van der Waals surface area contributed by atoms with Crippen molar-refractivity contribution in [1.82, 2.24) is 0 Å². The molecule has 0 aromatic carbocycles. The SMILES string of the molecule is CCC1(Br)[C]=NN=C1C. The molecule has 1 atom stereocenters. The summed E-state index contributed by atoms with van der Waals surface area (Å²) in [6.07, 6.45) is 3.82. The molecule has 2 nitrogen and oxygen atoms in total. The topological polar surface area (TPSA) is 24.7 Å². The van der Waals surface area contributed by atoms with Crippen LogP contribution in [-0.4, -0.2) is 16.3 Å². The van der Waals surface area contributed by atoms with Crippen molar-refractivity contribution in [3.63, 3.8) is 0 Å². The van der Waals surface area contributed by atoms with Crippen molar-refractivity contribution < 1.29 is 0 Å². The predicted octanol–water partition coefficient (Wildman–Crippen LogP) is 1.87. The molecule has 0 aromatic heterocycles. The lowest BCUT2D eigenvalue weighted by atomic mass is 10.0. The van der Waals surface area contributed by atoms with Gasteiger partial charge in [0.25, 0.3) is 0 Å². The van der Waals surface area contributed by atoms with Crippen LogP contribution in [0.1, 0.15) is 20.3 Å². The predicted molar refractivity (Wildman–Crippen MR) is 42.5 cm³/mol. The number of alkyl halides is 1. The molecule has 0 N–H and O–H groups in total. The van der Waals surface area contributed by atoms with Crippen molar-refractivity contribution in [2.24, 2.45) is 10.2 Å². The Balaban J connectivity index is 2.82. The number of hydrogen-bond donors (Lipinski definition) is 0. The van der Waals surface area contributed by atoms with Gasteiger partial charge in [-0.3, -0.25) is 0 Å². The van der Waals surface area contributed by atoms with Gasteiger partial charge in [0, 0.05) is 0 Å². The van der Waals surface area contributed by atoms with Crippen LogP contribution in [0.2, 0.25) is 0 Å². The minimum Gasteiger partial charge on any atom is -0.158 e. The first kappa shape index (κ1) is 6.93. The Morgan fingerprint density at radius 1 is 1.78 bits per heavy atom. The van der Waals surface area contributed by atoms with Crippen molar-refractivity contribution in [2.75, 3.05) is 0 Å². The third-order valence-electron chi connectivity index (χ3n) is 1.49. The molecule has 1 aliphatic rings. The molecule has 9 heavy (non-hydrogen) atoms. The molecule has 3 heteroatoms. The number of hydrogen-bond acceptors (Lipinski definition) is 2. The van der Waals surface area contributed by atoms with E-state index in [-0.39, 0.29) is 4.32 Å². The molecule has 0 aromatic rings. The highest BCUT2D eigenvalue weighted by molar-refractivity contribution is 9.10. The van der Waals surface area contributed by atoms with Gasteiger partial charge in [0.1, 0.15) is 10.5 Å². The second-order valence-electron chi connectivity index (χ2n) is 2.05. The third kappa shape index (κ3) is 1.06. The molecular weight excluding hydrogens is 180 g/mol. The van der Waals surface area contributed by atoms with Gasteiger partial charge in [-0.15, -0.1) is 0 Å². The van der Waals surface area contributed by atoms with Crippen LogP contribution in [-0.2, 0) is 0 Å². The Bertz CT molecular complexity index is 174. The van der Waals surface area contributed by atoms with E-state index in [0.29, 0.717) is 0 Å². The van der Waals surface area contributed by atoms with E-state index in [1.807, 2.05) is 6.92 Å². The van der Waals surface area contributed by atoms with Crippen molar-refractivity contribution in [1.29, 1.82) is 0 Å². The van der Waals surface area contributed by atoms with Gasteiger partial charge in [-0.1, -0.05) is 22.9 Å². The fourth-order valence-electron chi connectivity index (χ4n) is 0.674. The lowest BCUT2D eigenvalue weighted by molar-refractivity contribution is 0.945. The largest absolute Gasteiger partial charge is 0.158 e. The molecule has 0 saturated carbocycles. The maximum absolute atomic E-state index is 3.84. The number of halogens is 1. The third-order valence-corrected chi connectivity index (χ3v) is 2.80. The molecule has 1 heterocycles. The molecule has 1 radical (unpaired) electrons. The molecule has 0 fully saturated rings. The van der Waals surface area contributed by atoms with Gasteiger partial charge >= 0.3 is 0 Å². The Hall–Kier alpha value is -0.180. The lowest BCUT2D eigenvalue weighted by Crippen LogP contribution is -2.27. The summed E-state index contributed by atoms with van der Waals surface area (Å²) in [5.41, 5.74) is 0.991. The number of rotatable bonds is 1. The van der Waals surface area contributed by atoms with Crippen LogP contribution in [0, 0.1) is 0 Å². The van der Waals surface area contributed by atoms with Crippen LogP contribution in [0.3, 0.4) is 0 Å². The van der Waals surface area contributed by atoms with Crippen molar-refractivity contribution in [2.45, 2.75) is 24.6 Å². The Morgan fingerprint density at radius 2 is 2.44 bits per heavy atom. The van der Waals surface area contributed by atoms with E-state index < -0.39 is 0 Å². The second kappa shape index (κ2) is 2.21. The highest BCUT2D eigenvalue weighted by Gasteiger charge is 2.30. The summed E-state index contributed by atoms with van der Waals surface area (Å²) in [6.45, 7) is 4.02. The number of nitrogens with zero attached hydrogens (tertiary/aromatic N) is 2. The first-order chi connectivity index (χ1) is 4.19. The summed E-state index contributed by atoms with van der Waals surface area (Å²) in [4.78, 5) is 0. The summed E-state index contributed by atoms with van der Waals surface area (Å²) >= 11 is 3.47. The smallest absolute Gasteiger partial charge is 0.111 e. The summed E-state index contributed by atoms with van der Waals surface area (Å²) in [5.74, 6) is 0. The van der Waals surface area contributed by atoms with E-state index in [9.17, 15) is 0 Å². The maximum Gasteiger partial charge on any atom is 0.111 e. The lowest BCUT2D eigenvalue weighted by Gasteiger charge is -2.13. The molecule has 0 spiro atoms. The van der Waals surface area contributed by atoms with E-state index in [2.05, 4.69) is 39.3 Å². The minimum absolute atomic E-state index is 0.160. The molecule has 1 unspecified atom stereocenters. The van der Waals surface area contributed by atoms with E-state index in [1.54, 1.807) is 0 Å². The first-order valence-corrected chi connectivity index (χ1v) is 3.69. The zero-order chi connectivity index (χ0) is 6.91. The van der Waals surface area contributed by atoms with Gasteiger partial charge in [0.15, 0.2) is 0 Å². The van der Waals surface area contributed by atoms with Crippen LogP contribution >= 0.6 is 15.9 Å². The fraction of sp³-hybridized carbons (Fsp3) is 0.667. The molecule has 0 amide bonds. The zero-order valence-corrected chi connectivity index (χ0v) is 7.07. The molecule has 0 bridgehead atoms. The van der Waals surface area contributed by atoms with E-state index >= 15 is 0 Å². The van der Waals surface area contributed by atoms with Crippen LogP contribution in [0.5, 0.6) is 0 Å². The first-order valence-electron chi connectivity index (χ1n) is 2.90. The van der Waals surface area contributed by atoms with Gasteiger partial charge in [0.05, 0.1) is 5.71 Å². The van der Waals surface area contributed by atoms with E-state index in [4.69, 9.17) is 0 Å². The Kier molecular flexibility index (Phi) is 1.70. The monoisotopic (exact) mass is 187 g/mol. The highest BCUT2D eigenvalue weighted by atomic mass is 79.9. The molecule has 0 aliphatic carbocycles. The van der Waals surface area contributed by atoms with Crippen LogP contribution in [0.15, 0.2) is 10.2 Å². The van der Waals surface area contributed by atoms with E-state index in [0.717, 1.165) is 12.1 Å². The van der Waals surface area contributed by atoms with Gasteiger partial charge in [-0.05, 0) is 13.3 Å². The van der Waals surface area contributed by atoms with Gasteiger partial charge < -0.3 is 0 Å². The van der Waals surface area contributed by atoms with Crippen LogP contribution in [0.25, 0.3) is 0 Å². The second-order valence-corrected chi connectivity index (χ2v) is 3.41. The Morgan fingerprint density at radius 3 is 2.67 bits per heavy atom. The molecule has 0 saturated heterocycles. The van der Waals surface area contributed by atoms with Crippen molar-refractivity contribution >= 4 is 27.9 Å². The molecule has 1 aliphatic heterocycles. The normalized spacial score (nSPS) is 33.0.